The molecule has 0 fully saturated rings. The average Bonchev–Trinajstić information content (AvgIpc) is 2.50. The van der Waals surface area contributed by atoms with E-state index >= 15 is 0 Å². The lowest BCUT2D eigenvalue weighted by atomic mass is 9.87. The van der Waals surface area contributed by atoms with Crippen LogP contribution in [0, 0.1) is 5.41 Å². The molecule has 1 aliphatic rings. The Hall–Kier alpha value is -2.24. The first-order chi connectivity index (χ1) is 10.7. The number of carboxylic acids is 1. The SMILES string of the molecule is COc1cc2c(cc1OC)C(C(=O)O)N(C(=O)C(C)(C)C)CC2. The van der Waals surface area contributed by atoms with Gasteiger partial charge < -0.3 is 19.5 Å². The fraction of sp³-hybridized carbons (Fsp3) is 0.529. The van der Waals surface area contributed by atoms with Gasteiger partial charge in [0.15, 0.2) is 17.5 Å². The van der Waals surface area contributed by atoms with Crippen LogP contribution in [0.4, 0.5) is 0 Å². The molecule has 1 aliphatic heterocycles. The van der Waals surface area contributed by atoms with Crippen molar-refractivity contribution in [2.75, 3.05) is 20.8 Å². The zero-order chi connectivity index (χ0) is 17.4. The van der Waals surface area contributed by atoms with Crippen molar-refractivity contribution >= 4 is 11.9 Å². The Labute approximate surface area is 136 Å². The number of ether oxygens (including phenoxy) is 2. The van der Waals surface area contributed by atoms with Crippen LogP contribution < -0.4 is 9.47 Å². The third-order valence-electron chi connectivity index (χ3n) is 4.01. The summed E-state index contributed by atoms with van der Waals surface area (Å²) >= 11 is 0. The minimum absolute atomic E-state index is 0.176. The summed E-state index contributed by atoms with van der Waals surface area (Å²) in [6, 6.07) is 2.45. The van der Waals surface area contributed by atoms with Crippen molar-refractivity contribution in [3.63, 3.8) is 0 Å². The highest BCUT2D eigenvalue weighted by atomic mass is 16.5. The number of methoxy groups -OCH3 is 2. The van der Waals surface area contributed by atoms with Gasteiger partial charge >= 0.3 is 5.97 Å². The first kappa shape index (κ1) is 17.1. The molecule has 2 rings (SSSR count). The van der Waals surface area contributed by atoms with Gasteiger partial charge in [-0.3, -0.25) is 4.79 Å². The maximum atomic E-state index is 12.6. The second kappa shape index (κ2) is 6.10. The molecule has 6 nitrogen and oxygen atoms in total. The quantitative estimate of drug-likeness (QED) is 0.924. The van der Waals surface area contributed by atoms with Crippen molar-refractivity contribution in [1.29, 1.82) is 0 Å². The van der Waals surface area contributed by atoms with E-state index in [0.717, 1.165) is 5.56 Å². The number of fused-ring (bicyclic) bond motifs is 1. The molecule has 1 aromatic rings. The minimum Gasteiger partial charge on any atom is -0.493 e. The highest BCUT2D eigenvalue weighted by Gasteiger charge is 2.40. The van der Waals surface area contributed by atoms with Crippen molar-refractivity contribution in [2.24, 2.45) is 5.41 Å². The van der Waals surface area contributed by atoms with E-state index in [2.05, 4.69) is 0 Å². The number of amides is 1. The van der Waals surface area contributed by atoms with E-state index in [-0.39, 0.29) is 5.91 Å². The van der Waals surface area contributed by atoms with Gasteiger partial charge in [0.05, 0.1) is 14.2 Å². The van der Waals surface area contributed by atoms with E-state index in [1.165, 1.54) is 19.1 Å². The van der Waals surface area contributed by atoms with Crippen LogP contribution in [0.15, 0.2) is 12.1 Å². The lowest BCUT2D eigenvalue weighted by Crippen LogP contribution is -2.47. The molecule has 0 aromatic heterocycles. The van der Waals surface area contributed by atoms with E-state index in [1.807, 2.05) is 0 Å². The second-order valence-electron chi connectivity index (χ2n) is 6.65. The number of nitrogens with zero attached hydrogens (tertiary/aromatic N) is 1. The fourth-order valence-electron chi connectivity index (χ4n) is 2.86. The molecule has 1 atom stereocenters. The smallest absolute Gasteiger partial charge is 0.331 e. The standard InChI is InChI=1S/C17H23NO5/c1-17(2,3)16(21)18-7-6-10-8-12(22-4)13(23-5)9-11(10)14(18)15(19)20/h8-9,14H,6-7H2,1-5H3,(H,19,20). The summed E-state index contributed by atoms with van der Waals surface area (Å²) in [6.07, 6.45) is 0.585. The molecule has 0 spiro atoms. The van der Waals surface area contributed by atoms with Gasteiger partial charge in [0.2, 0.25) is 5.91 Å². The number of benzene rings is 1. The van der Waals surface area contributed by atoms with E-state index in [4.69, 9.17) is 9.47 Å². The van der Waals surface area contributed by atoms with Crippen LogP contribution in [0.2, 0.25) is 0 Å². The fourth-order valence-corrected chi connectivity index (χ4v) is 2.86. The molecule has 1 N–H and O–H groups in total. The Morgan fingerprint density at radius 1 is 1.17 bits per heavy atom. The monoisotopic (exact) mass is 321 g/mol. The zero-order valence-corrected chi connectivity index (χ0v) is 14.2. The molecular weight excluding hydrogens is 298 g/mol. The summed E-state index contributed by atoms with van der Waals surface area (Å²) in [7, 11) is 3.04. The topological polar surface area (TPSA) is 76.1 Å². The lowest BCUT2D eigenvalue weighted by molar-refractivity contribution is -0.155. The van der Waals surface area contributed by atoms with Crippen molar-refractivity contribution in [3.8, 4) is 11.5 Å². The number of aliphatic carboxylic acids is 1. The molecule has 0 bridgehead atoms. The van der Waals surface area contributed by atoms with Crippen LogP contribution in [-0.2, 0) is 16.0 Å². The van der Waals surface area contributed by atoms with E-state index < -0.39 is 17.4 Å². The molecule has 1 heterocycles. The van der Waals surface area contributed by atoms with Crippen molar-refractivity contribution in [3.05, 3.63) is 23.3 Å². The summed E-state index contributed by atoms with van der Waals surface area (Å²) in [6.45, 7) is 5.74. The van der Waals surface area contributed by atoms with Crippen LogP contribution in [0.5, 0.6) is 11.5 Å². The number of hydrogen-bond acceptors (Lipinski definition) is 4. The van der Waals surface area contributed by atoms with Crippen molar-refractivity contribution < 1.29 is 24.2 Å². The molecule has 0 aliphatic carbocycles. The van der Waals surface area contributed by atoms with Gasteiger partial charge in [0, 0.05) is 12.0 Å². The Bertz CT molecular complexity index is 633. The van der Waals surface area contributed by atoms with Gasteiger partial charge in [0.25, 0.3) is 0 Å². The molecule has 1 aromatic carbocycles. The van der Waals surface area contributed by atoms with Gasteiger partial charge in [-0.1, -0.05) is 20.8 Å². The molecule has 0 radical (unpaired) electrons. The predicted octanol–water partition coefficient (Wildman–Crippen LogP) is 2.26. The zero-order valence-electron chi connectivity index (χ0n) is 14.2. The summed E-state index contributed by atoms with van der Waals surface area (Å²) in [4.78, 5) is 25.9. The summed E-state index contributed by atoms with van der Waals surface area (Å²) in [5.41, 5.74) is 0.814. The summed E-state index contributed by atoms with van der Waals surface area (Å²) in [5, 5.41) is 9.69. The van der Waals surface area contributed by atoms with Crippen LogP contribution in [0.1, 0.15) is 37.9 Å². The van der Waals surface area contributed by atoms with E-state index in [9.17, 15) is 14.7 Å². The Morgan fingerprint density at radius 3 is 2.22 bits per heavy atom. The number of rotatable bonds is 3. The first-order valence-corrected chi connectivity index (χ1v) is 7.49. The van der Waals surface area contributed by atoms with Gasteiger partial charge in [-0.15, -0.1) is 0 Å². The second-order valence-corrected chi connectivity index (χ2v) is 6.65. The molecule has 126 valence electrons. The molecular formula is C17H23NO5. The normalized spacial score (nSPS) is 17.4. The van der Waals surface area contributed by atoms with Crippen LogP contribution in [0.3, 0.4) is 0 Å². The molecule has 6 heteroatoms. The average molecular weight is 321 g/mol. The molecule has 0 saturated carbocycles. The third kappa shape index (κ3) is 3.11. The van der Waals surface area contributed by atoms with Crippen LogP contribution in [-0.4, -0.2) is 42.6 Å². The van der Waals surface area contributed by atoms with Gasteiger partial charge in [-0.05, 0) is 29.7 Å². The number of carboxylic acid groups (broad SMARTS) is 1. The number of carbonyl (C=O) groups is 2. The van der Waals surface area contributed by atoms with E-state index in [1.54, 1.807) is 32.9 Å². The van der Waals surface area contributed by atoms with Crippen molar-refractivity contribution in [2.45, 2.75) is 33.2 Å². The van der Waals surface area contributed by atoms with E-state index in [0.29, 0.717) is 30.0 Å². The number of carbonyl (C=O) groups excluding carboxylic acids is 1. The largest absolute Gasteiger partial charge is 0.493 e. The van der Waals surface area contributed by atoms with Crippen LogP contribution in [0.25, 0.3) is 0 Å². The van der Waals surface area contributed by atoms with Crippen LogP contribution >= 0.6 is 0 Å². The molecule has 0 saturated heterocycles. The maximum Gasteiger partial charge on any atom is 0.331 e. The van der Waals surface area contributed by atoms with Gasteiger partial charge in [-0.25, -0.2) is 4.79 Å². The van der Waals surface area contributed by atoms with Gasteiger partial charge in [0.1, 0.15) is 0 Å². The number of hydrogen-bond donors (Lipinski definition) is 1. The summed E-state index contributed by atoms with van der Waals surface area (Å²) < 4.78 is 10.5. The molecule has 1 amide bonds. The van der Waals surface area contributed by atoms with Crippen molar-refractivity contribution in [1.82, 2.24) is 4.90 Å². The highest BCUT2D eigenvalue weighted by molar-refractivity contribution is 5.88. The first-order valence-electron chi connectivity index (χ1n) is 7.49. The Morgan fingerprint density at radius 2 is 1.74 bits per heavy atom. The maximum absolute atomic E-state index is 12.6. The Kier molecular flexibility index (Phi) is 4.54. The molecule has 1 unspecified atom stereocenters. The molecule has 23 heavy (non-hydrogen) atoms. The third-order valence-corrected chi connectivity index (χ3v) is 4.01. The minimum atomic E-state index is -1.05. The predicted molar refractivity (Wildman–Crippen MR) is 84.8 cm³/mol. The highest BCUT2D eigenvalue weighted by Crippen LogP contribution is 2.39. The Balaban J connectivity index is 2.54. The lowest BCUT2D eigenvalue weighted by Gasteiger charge is -2.38. The summed E-state index contributed by atoms with van der Waals surface area (Å²) in [5.74, 6) is -0.199. The van der Waals surface area contributed by atoms with Gasteiger partial charge in [-0.2, -0.15) is 0 Å².